The molecule has 0 spiro atoms. The smallest absolute Gasteiger partial charge is 0.166 e. The van der Waals surface area contributed by atoms with E-state index in [1.807, 2.05) is 19.1 Å². The Kier molecular flexibility index (Phi) is 1.75. The van der Waals surface area contributed by atoms with Gasteiger partial charge in [0.15, 0.2) is 17.3 Å². The van der Waals surface area contributed by atoms with E-state index in [0.29, 0.717) is 19.0 Å². The van der Waals surface area contributed by atoms with Crippen LogP contribution in [-0.4, -0.2) is 19.0 Å². The molecule has 0 amide bonds. The van der Waals surface area contributed by atoms with Crippen molar-refractivity contribution in [1.82, 2.24) is 0 Å². The van der Waals surface area contributed by atoms with Crippen molar-refractivity contribution < 1.29 is 14.3 Å². The molecule has 1 aliphatic carbocycles. The molecule has 0 saturated carbocycles. The highest BCUT2D eigenvalue weighted by Crippen LogP contribution is 2.37. The van der Waals surface area contributed by atoms with Gasteiger partial charge in [-0.15, -0.1) is 0 Å². The molecule has 0 aromatic heterocycles. The molecule has 3 nitrogen and oxygen atoms in total. The molecule has 78 valence electrons. The number of hydrogen-bond donors (Lipinski definition) is 0. The van der Waals surface area contributed by atoms with Crippen molar-refractivity contribution in [2.75, 3.05) is 13.2 Å². The first-order chi connectivity index (χ1) is 7.25. The van der Waals surface area contributed by atoms with Crippen LogP contribution < -0.4 is 9.47 Å². The zero-order chi connectivity index (χ0) is 10.4. The highest BCUT2D eigenvalue weighted by Gasteiger charge is 2.29. The van der Waals surface area contributed by atoms with Gasteiger partial charge in [-0.1, -0.05) is 6.92 Å². The molecular formula is C12H12O3. The Balaban J connectivity index is 2.12. The summed E-state index contributed by atoms with van der Waals surface area (Å²) in [5.74, 6) is 1.81. The summed E-state index contributed by atoms with van der Waals surface area (Å²) in [5, 5.41) is 0. The highest BCUT2D eigenvalue weighted by molar-refractivity contribution is 6.02. The summed E-state index contributed by atoms with van der Waals surface area (Å²) in [6.45, 7) is 3.12. The fourth-order valence-corrected chi connectivity index (χ4v) is 2.22. The molecule has 1 aromatic carbocycles. The summed E-state index contributed by atoms with van der Waals surface area (Å²) in [6.07, 6.45) is 0.824. The van der Waals surface area contributed by atoms with Crippen LogP contribution in [0.5, 0.6) is 11.5 Å². The quantitative estimate of drug-likeness (QED) is 0.646. The summed E-state index contributed by atoms with van der Waals surface area (Å²) in [5.41, 5.74) is 1.91. The molecule has 0 bridgehead atoms. The van der Waals surface area contributed by atoms with Crippen LogP contribution in [0.4, 0.5) is 0 Å². The largest absolute Gasteiger partial charge is 0.486 e. The first-order valence-corrected chi connectivity index (χ1v) is 5.22. The predicted molar refractivity (Wildman–Crippen MR) is 54.6 cm³/mol. The molecule has 1 heterocycles. The van der Waals surface area contributed by atoms with Crippen LogP contribution in [0, 0.1) is 5.92 Å². The number of rotatable bonds is 0. The molecule has 3 rings (SSSR count). The fraction of sp³-hybridized carbons (Fsp3) is 0.417. The lowest BCUT2D eigenvalue weighted by Crippen LogP contribution is -2.15. The molecule has 0 radical (unpaired) electrons. The minimum atomic E-state index is 0.101. The van der Waals surface area contributed by atoms with Gasteiger partial charge in [0, 0.05) is 11.5 Å². The molecule has 1 unspecified atom stereocenters. The Hall–Kier alpha value is -1.51. The zero-order valence-corrected chi connectivity index (χ0v) is 8.58. The first-order valence-electron chi connectivity index (χ1n) is 5.22. The number of Topliss-reactive ketones (excluding diaryl/α,β-unsaturated/α-hetero) is 1. The molecule has 2 aliphatic rings. The summed E-state index contributed by atoms with van der Waals surface area (Å²) in [6, 6.07) is 3.78. The number of ketones is 1. The lowest BCUT2D eigenvalue weighted by molar-refractivity contribution is 0.0945. The number of hydrogen-bond acceptors (Lipinski definition) is 3. The molecule has 0 fully saturated rings. The van der Waals surface area contributed by atoms with Crippen molar-refractivity contribution >= 4 is 5.78 Å². The third-order valence-corrected chi connectivity index (χ3v) is 3.01. The van der Waals surface area contributed by atoms with E-state index < -0.39 is 0 Å². The molecule has 1 aromatic rings. The van der Waals surface area contributed by atoms with Gasteiger partial charge >= 0.3 is 0 Å². The van der Waals surface area contributed by atoms with Crippen LogP contribution in [0.3, 0.4) is 0 Å². The highest BCUT2D eigenvalue weighted by atomic mass is 16.6. The summed E-state index contributed by atoms with van der Waals surface area (Å²) < 4.78 is 10.9. The van der Waals surface area contributed by atoms with Crippen LogP contribution >= 0.6 is 0 Å². The molecule has 0 N–H and O–H groups in total. The minimum absolute atomic E-state index is 0.101. The second-order valence-electron chi connectivity index (χ2n) is 4.12. The van der Waals surface area contributed by atoms with Crippen molar-refractivity contribution in [3.63, 3.8) is 0 Å². The lowest BCUT2D eigenvalue weighted by atomic mass is 10.1. The minimum Gasteiger partial charge on any atom is -0.486 e. The Morgan fingerprint density at radius 2 is 1.87 bits per heavy atom. The molecule has 1 atom stereocenters. The number of fused-ring (bicyclic) bond motifs is 2. The van der Waals surface area contributed by atoms with Gasteiger partial charge in [-0.05, 0) is 24.1 Å². The normalized spacial score (nSPS) is 22.7. The van der Waals surface area contributed by atoms with E-state index in [-0.39, 0.29) is 11.7 Å². The molecule has 3 heteroatoms. The summed E-state index contributed by atoms with van der Waals surface area (Å²) in [4.78, 5) is 11.8. The van der Waals surface area contributed by atoms with Crippen LogP contribution in [0.25, 0.3) is 0 Å². The maximum atomic E-state index is 11.8. The number of benzene rings is 1. The van der Waals surface area contributed by atoms with Crippen molar-refractivity contribution in [3.8, 4) is 11.5 Å². The zero-order valence-electron chi connectivity index (χ0n) is 8.58. The van der Waals surface area contributed by atoms with Crippen LogP contribution in [0.15, 0.2) is 12.1 Å². The molecule has 0 saturated heterocycles. The van der Waals surface area contributed by atoms with E-state index in [4.69, 9.17) is 9.47 Å². The van der Waals surface area contributed by atoms with E-state index in [1.165, 1.54) is 0 Å². The van der Waals surface area contributed by atoms with Gasteiger partial charge in [-0.25, -0.2) is 0 Å². The summed E-state index contributed by atoms with van der Waals surface area (Å²) >= 11 is 0. The maximum absolute atomic E-state index is 11.8. The van der Waals surface area contributed by atoms with Crippen molar-refractivity contribution in [3.05, 3.63) is 23.3 Å². The van der Waals surface area contributed by atoms with Gasteiger partial charge in [0.2, 0.25) is 0 Å². The SMILES string of the molecule is CC1Cc2cc3c(cc2C1=O)OCCO3. The van der Waals surface area contributed by atoms with Gasteiger partial charge in [0.25, 0.3) is 0 Å². The third kappa shape index (κ3) is 1.23. The van der Waals surface area contributed by atoms with E-state index >= 15 is 0 Å². The number of ether oxygens (including phenoxy) is 2. The first kappa shape index (κ1) is 8.77. The maximum Gasteiger partial charge on any atom is 0.166 e. The molecule has 15 heavy (non-hydrogen) atoms. The monoisotopic (exact) mass is 204 g/mol. The summed E-state index contributed by atoms with van der Waals surface area (Å²) in [7, 11) is 0. The van der Waals surface area contributed by atoms with Gasteiger partial charge in [-0.2, -0.15) is 0 Å². The van der Waals surface area contributed by atoms with Crippen LogP contribution in [0.1, 0.15) is 22.8 Å². The molecular weight excluding hydrogens is 192 g/mol. The van der Waals surface area contributed by atoms with Gasteiger partial charge in [0.1, 0.15) is 13.2 Å². The van der Waals surface area contributed by atoms with Crippen molar-refractivity contribution in [2.45, 2.75) is 13.3 Å². The van der Waals surface area contributed by atoms with Gasteiger partial charge in [0.05, 0.1) is 0 Å². The Morgan fingerprint density at radius 3 is 2.60 bits per heavy atom. The second-order valence-corrected chi connectivity index (χ2v) is 4.12. The average Bonchev–Trinajstić information content (AvgIpc) is 2.52. The van der Waals surface area contributed by atoms with E-state index in [0.717, 1.165) is 23.3 Å². The number of carbonyl (C=O) groups is 1. The third-order valence-electron chi connectivity index (χ3n) is 3.01. The Labute approximate surface area is 88.0 Å². The topological polar surface area (TPSA) is 35.5 Å². The van der Waals surface area contributed by atoms with Gasteiger partial charge in [-0.3, -0.25) is 4.79 Å². The Morgan fingerprint density at radius 1 is 1.20 bits per heavy atom. The van der Waals surface area contributed by atoms with E-state index in [9.17, 15) is 4.79 Å². The standard InChI is InChI=1S/C12H12O3/c1-7-4-8-5-10-11(15-3-2-14-10)6-9(8)12(7)13/h5-7H,2-4H2,1H3. The van der Waals surface area contributed by atoms with E-state index in [1.54, 1.807) is 0 Å². The Bertz CT molecular complexity index is 437. The van der Waals surface area contributed by atoms with E-state index in [2.05, 4.69) is 0 Å². The predicted octanol–water partition coefficient (Wildman–Crippen LogP) is 1.83. The van der Waals surface area contributed by atoms with Crippen molar-refractivity contribution in [2.24, 2.45) is 5.92 Å². The number of carbonyl (C=O) groups excluding carboxylic acids is 1. The molecule has 1 aliphatic heterocycles. The lowest BCUT2D eigenvalue weighted by Gasteiger charge is -2.19. The second kappa shape index (κ2) is 2.99. The van der Waals surface area contributed by atoms with Crippen LogP contribution in [0.2, 0.25) is 0 Å². The average molecular weight is 204 g/mol. The van der Waals surface area contributed by atoms with Gasteiger partial charge < -0.3 is 9.47 Å². The van der Waals surface area contributed by atoms with Crippen LogP contribution in [-0.2, 0) is 6.42 Å². The van der Waals surface area contributed by atoms with Crippen molar-refractivity contribution in [1.29, 1.82) is 0 Å². The fourth-order valence-electron chi connectivity index (χ4n) is 2.22.